The van der Waals surface area contributed by atoms with Crippen molar-refractivity contribution in [3.8, 4) is 0 Å². The highest BCUT2D eigenvalue weighted by molar-refractivity contribution is 5.38. The van der Waals surface area contributed by atoms with Crippen LogP contribution < -0.4 is 0 Å². The number of hydrogen-bond acceptors (Lipinski definition) is 1. The van der Waals surface area contributed by atoms with Crippen LogP contribution in [0.3, 0.4) is 0 Å². The van der Waals surface area contributed by atoms with Crippen LogP contribution in [0.25, 0.3) is 0 Å². The van der Waals surface area contributed by atoms with Gasteiger partial charge in [-0.15, -0.1) is 0 Å². The second-order valence-electron chi connectivity index (χ2n) is 6.93. The van der Waals surface area contributed by atoms with Crippen LogP contribution in [0.2, 0.25) is 0 Å². The fourth-order valence-corrected chi connectivity index (χ4v) is 4.32. The van der Waals surface area contributed by atoms with Crippen LogP contribution in [0, 0.1) is 0 Å². The van der Waals surface area contributed by atoms with Gasteiger partial charge in [0.2, 0.25) is 0 Å². The summed E-state index contributed by atoms with van der Waals surface area (Å²) in [7, 11) is 0. The zero-order valence-corrected chi connectivity index (χ0v) is 13.2. The van der Waals surface area contributed by atoms with E-state index in [1.54, 1.807) is 0 Å². The van der Waals surface area contributed by atoms with Gasteiger partial charge in [0.15, 0.2) is 0 Å². The van der Waals surface area contributed by atoms with Gasteiger partial charge in [-0.05, 0) is 49.9 Å². The molecular formula is C21H25N. The summed E-state index contributed by atoms with van der Waals surface area (Å²) in [4.78, 5) is 2.76. The maximum atomic E-state index is 2.76. The van der Waals surface area contributed by atoms with Gasteiger partial charge in [0.1, 0.15) is 0 Å². The number of benzene rings is 2. The van der Waals surface area contributed by atoms with Crippen molar-refractivity contribution in [1.29, 1.82) is 0 Å². The van der Waals surface area contributed by atoms with E-state index in [-0.39, 0.29) is 0 Å². The van der Waals surface area contributed by atoms with Gasteiger partial charge in [-0.2, -0.15) is 0 Å². The smallest absolute Gasteiger partial charge is 0.0444 e. The lowest BCUT2D eigenvalue weighted by molar-refractivity contribution is 0.133. The highest BCUT2D eigenvalue weighted by Crippen LogP contribution is 2.58. The fraction of sp³-hybridized carbons (Fsp3) is 0.429. The van der Waals surface area contributed by atoms with E-state index in [0.29, 0.717) is 11.5 Å². The minimum absolute atomic E-state index is 0.347. The van der Waals surface area contributed by atoms with Gasteiger partial charge in [0.05, 0.1) is 0 Å². The first kappa shape index (κ1) is 14.0. The van der Waals surface area contributed by atoms with Gasteiger partial charge in [0, 0.05) is 11.5 Å². The number of likely N-dealkylation sites (tertiary alicyclic amines) is 1. The number of nitrogens with zero attached hydrogens (tertiary/aromatic N) is 1. The van der Waals surface area contributed by atoms with Crippen molar-refractivity contribution in [2.45, 2.75) is 43.6 Å². The largest absolute Gasteiger partial charge is 0.295 e. The monoisotopic (exact) mass is 291 g/mol. The van der Waals surface area contributed by atoms with Crippen LogP contribution in [0.5, 0.6) is 0 Å². The molecule has 1 nitrogen and oxygen atoms in total. The molecule has 1 saturated heterocycles. The molecule has 114 valence electrons. The minimum Gasteiger partial charge on any atom is -0.295 e. The average Bonchev–Trinajstić information content (AvgIpc) is 3.40. The molecule has 0 N–H and O–H groups in total. The van der Waals surface area contributed by atoms with Crippen molar-refractivity contribution in [3.63, 3.8) is 0 Å². The second-order valence-corrected chi connectivity index (χ2v) is 6.93. The van der Waals surface area contributed by atoms with Gasteiger partial charge in [-0.1, -0.05) is 67.1 Å². The Labute approximate surface area is 134 Å². The first-order chi connectivity index (χ1) is 10.9. The fourth-order valence-electron chi connectivity index (χ4n) is 4.32. The van der Waals surface area contributed by atoms with E-state index >= 15 is 0 Å². The van der Waals surface area contributed by atoms with Gasteiger partial charge in [0.25, 0.3) is 0 Å². The van der Waals surface area contributed by atoms with Crippen molar-refractivity contribution in [3.05, 3.63) is 71.8 Å². The van der Waals surface area contributed by atoms with Gasteiger partial charge >= 0.3 is 0 Å². The third kappa shape index (κ3) is 2.48. The summed E-state index contributed by atoms with van der Waals surface area (Å²) in [5.74, 6) is 0. The molecule has 0 amide bonds. The molecule has 2 fully saturated rings. The molecule has 1 aliphatic heterocycles. The van der Waals surface area contributed by atoms with E-state index < -0.39 is 0 Å². The zero-order valence-electron chi connectivity index (χ0n) is 13.2. The molecule has 1 heterocycles. The van der Waals surface area contributed by atoms with Crippen LogP contribution in [0.1, 0.15) is 49.3 Å². The maximum absolute atomic E-state index is 2.76. The van der Waals surface area contributed by atoms with Gasteiger partial charge in [-0.25, -0.2) is 0 Å². The zero-order chi connectivity index (χ0) is 14.8. The molecule has 1 heteroatoms. The summed E-state index contributed by atoms with van der Waals surface area (Å²) in [6.45, 7) is 2.52. The molecule has 2 aliphatic rings. The minimum atomic E-state index is 0.347. The molecule has 0 bridgehead atoms. The molecular weight excluding hydrogens is 266 g/mol. The van der Waals surface area contributed by atoms with E-state index in [1.807, 2.05) is 0 Å². The Morgan fingerprint density at radius 1 is 0.727 bits per heavy atom. The Hall–Kier alpha value is -1.60. The van der Waals surface area contributed by atoms with E-state index in [4.69, 9.17) is 0 Å². The highest BCUT2D eigenvalue weighted by atomic mass is 15.2. The Balaban J connectivity index is 1.74. The van der Waals surface area contributed by atoms with Crippen molar-refractivity contribution >= 4 is 0 Å². The highest BCUT2D eigenvalue weighted by Gasteiger charge is 2.53. The average molecular weight is 291 g/mol. The van der Waals surface area contributed by atoms with E-state index in [0.717, 1.165) is 0 Å². The third-order valence-electron chi connectivity index (χ3n) is 5.53. The molecule has 2 aromatic rings. The van der Waals surface area contributed by atoms with Crippen molar-refractivity contribution in [1.82, 2.24) is 4.90 Å². The van der Waals surface area contributed by atoms with Gasteiger partial charge < -0.3 is 0 Å². The van der Waals surface area contributed by atoms with Crippen LogP contribution in [0.4, 0.5) is 0 Å². The summed E-state index contributed by atoms with van der Waals surface area (Å²) in [5, 5.41) is 0. The second kappa shape index (κ2) is 5.89. The summed E-state index contributed by atoms with van der Waals surface area (Å²) in [6.07, 6.45) is 6.76. The Morgan fingerprint density at radius 3 is 1.91 bits per heavy atom. The van der Waals surface area contributed by atoms with Crippen LogP contribution in [0.15, 0.2) is 60.7 Å². The van der Waals surface area contributed by atoms with E-state index in [1.165, 1.54) is 56.3 Å². The third-order valence-corrected chi connectivity index (χ3v) is 5.53. The molecule has 1 unspecified atom stereocenters. The SMILES string of the molecule is c1ccc(C(N2CCCCC2)C2(c3ccccc3)CC2)cc1. The molecule has 4 rings (SSSR count). The predicted molar refractivity (Wildman–Crippen MR) is 92.0 cm³/mol. The molecule has 1 atom stereocenters. The van der Waals surface area contributed by atoms with Crippen LogP contribution in [-0.2, 0) is 5.41 Å². The topological polar surface area (TPSA) is 3.24 Å². The quantitative estimate of drug-likeness (QED) is 0.770. The lowest BCUT2D eigenvalue weighted by Crippen LogP contribution is -2.40. The molecule has 0 aromatic heterocycles. The Bertz CT molecular complexity index is 594. The molecule has 0 radical (unpaired) electrons. The van der Waals surface area contributed by atoms with Crippen LogP contribution in [-0.4, -0.2) is 18.0 Å². The lowest BCUT2D eigenvalue weighted by Gasteiger charge is -2.40. The summed E-state index contributed by atoms with van der Waals surface area (Å²) < 4.78 is 0. The maximum Gasteiger partial charge on any atom is 0.0444 e. The molecule has 2 aromatic carbocycles. The Morgan fingerprint density at radius 2 is 1.32 bits per heavy atom. The van der Waals surface area contributed by atoms with Gasteiger partial charge in [-0.3, -0.25) is 4.90 Å². The molecule has 22 heavy (non-hydrogen) atoms. The molecule has 1 saturated carbocycles. The van der Waals surface area contributed by atoms with E-state index in [9.17, 15) is 0 Å². The van der Waals surface area contributed by atoms with Crippen LogP contribution >= 0.6 is 0 Å². The standard InChI is InChI=1S/C21H25N/c1-4-10-18(11-5-1)20(22-16-8-3-9-17-22)21(14-15-21)19-12-6-2-7-13-19/h1-2,4-7,10-13,20H,3,8-9,14-17H2. The normalized spacial score (nSPS) is 22.2. The predicted octanol–water partition coefficient (Wildman–Crippen LogP) is 4.95. The van der Waals surface area contributed by atoms with Crippen molar-refractivity contribution in [2.24, 2.45) is 0 Å². The molecule has 1 aliphatic carbocycles. The lowest BCUT2D eigenvalue weighted by atomic mass is 9.82. The number of piperidine rings is 1. The first-order valence-electron chi connectivity index (χ1n) is 8.75. The summed E-state index contributed by atoms with van der Waals surface area (Å²) >= 11 is 0. The summed E-state index contributed by atoms with van der Waals surface area (Å²) in [6, 6.07) is 23.0. The first-order valence-corrected chi connectivity index (χ1v) is 8.75. The van der Waals surface area contributed by atoms with Crippen molar-refractivity contribution in [2.75, 3.05) is 13.1 Å². The summed E-state index contributed by atoms with van der Waals surface area (Å²) in [5.41, 5.74) is 3.39. The van der Waals surface area contributed by atoms with E-state index in [2.05, 4.69) is 65.6 Å². The molecule has 0 spiro atoms. The number of hydrogen-bond donors (Lipinski definition) is 0. The Kier molecular flexibility index (Phi) is 3.75. The van der Waals surface area contributed by atoms with Crippen molar-refractivity contribution < 1.29 is 0 Å². The number of rotatable bonds is 4.